The van der Waals surface area contributed by atoms with Gasteiger partial charge in [-0.2, -0.15) is 5.10 Å². The van der Waals surface area contributed by atoms with E-state index in [1.165, 1.54) is 12.3 Å². The summed E-state index contributed by atoms with van der Waals surface area (Å²) in [4.78, 5) is 28.0. The highest BCUT2D eigenvalue weighted by Crippen LogP contribution is 2.28. The van der Waals surface area contributed by atoms with Crippen molar-refractivity contribution in [2.24, 2.45) is 5.73 Å². The largest absolute Gasteiger partial charge is 0.497 e. The van der Waals surface area contributed by atoms with Crippen molar-refractivity contribution in [3.63, 3.8) is 0 Å². The summed E-state index contributed by atoms with van der Waals surface area (Å²) in [5, 5.41) is 10.4. The maximum atomic E-state index is 12.8. The Morgan fingerprint density at radius 3 is 2.19 bits per heavy atom. The lowest BCUT2D eigenvalue weighted by atomic mass is 9.92. The highest BCUT2D eigenvalue weighted by atomic mass is 16.5. The Balaban J connectivity index is 1.47. The molecule has 0 atom stereocenters. The van der Waals surface area contributed by atoms with Crippen LogP contribution in [0.1, 0.15) is 37.0 Å². The van der Waals surface area contributed by atoms with E-state index in [0.717, 1.165) is 17.1 Å². The molecular formula is C27H28N6O4. The summed E-state index contributed by atoms with van der Waals surface area (Å²) < 4.78 is 12.7. The molecule has 190 valence electrons. The Labute approximate surface area is 214 Å². The molecule has 0 saturated heterocycles. The van der Waals surface area contributed by atoms with Crippen LogP contribution in [-0.4, -0.2) is 33.8 Å². The molecule has 0 fully saturated rings. The van der Waals surface area contributed by atoms with Gasteiger partial charge in [-0.15, -0.1) is 0 Å². The summed E-state index contributed by atoms with van der Waals surface area (Å²) >= 11 is 0. The zero-order valence-corrected chi connectivity index (χ0v) is 21.0. The average molecular weight is 501 g/mol. The molecule has 0 aliphatic heterocycles. The molecule has 0 aliphatic rings. The van der Waals surface area contributed by atoms with E-state index in [4.69, 9.17) is 20.3 Å². The van der Waals surface area contributed by atoms with Crippen LogP contribution in [0.15, 0.2) is 72.9 Å². The first-order valence-electron chi connectivity index (χ1n) is 11.5. The minimum Gasteiger partial charge on any atom is -0.497 e. The molecule has 4 aromatic rings. The van der Waals surface area contributed by atoms with Crippen LogP contribution >= 0.6 is 0 Å². The number of ether oxygens (including phenoxy) is 2. The van der Waals surface area contributed by atoms with Crippen LogP contribution in [-0.2, 0) is 5.41 Å². The van der Waals surface area contributed by atoms with Crippen molar-refractivity contribution < 1.29 is 19.1 Å². The van der Waals surface area contributed by atoms with Gasteiger partial charge in [0.1, 0.15) is 28.8 Å². The van der Waals surface area contributed by atoms with E-state index >= 15 is 0 Å². The monoisotopic (exact) mass is 500 g/mol. The molecule has 0 spiro atoms. The quantitative estimate of drug-likeness (QED) is 0.323. The van der Waals surface area contributed by atoms with Gasteiger partial charge in [0.2, 0.25) is 0 Å². The highest BCUT2D eigenvalue weighted by Gasteiger charge is 2.21. The van der Waals surface area contributed by atoms with Crippen LogP contribution in [0.25, 0.3) is 5.69 Å². The number of aromatic nitrogens is 3. The molecule has 2 heterocycles. The SMILES string of the molecule is COc1ccc(-n2nc(C(C)(C)C)cc2NC(=O)Nc2ccc(Oc3ccnc(C(N)=O)c3)cc2)cc1. The smallest absolute Gasteiger partial charge is 0.324 e. The Bertz CT molecular complexity index is 1410. The predicted octanol–water partition coefficient (Wildman–Crippen LogP) is 5.11. The van der Waals surface area contributed by atoms with Crippen molar-refractivity contribution in [3.8, 4) is 22.9 Å². The van der Waals surface area contributed by atoms with Gasteiger partial charge in [0.05, 0.1) is 18.5 Å². The van der Waals surface area contributed by atoms with Gasteiger partial charge in [-0.05, 0) is 54.6 Å². The van der Waals surface area contributed by atoms with E-state index in [-0.39, 0.29) is 11.1 Å². The second-order valence-corrected chi connectivity index (χ2v) is 9.22. The Hall–Kier alpha value is -4.86. The molecule has 10 heteroatoms. The number of benzene rings is 2. The molecule has 2 aromatic heterocycles. The average Bonchev–Trinajstić information content (AvgIpc) is 3.29. The van der Waals surface area contributed by atoms with Gasteiger partial charge >= 0.3 is 6.03 Å². The third-order valence-electron chi connectivity index (χ3n) is 5.37. The van der Waals surface area contributed by atoms with Crippen LogP contribution in [0.5, 0.6) is 17.2 Å². The van der Waals surface area contributed by atoms with Crippen LogP contribution in [0.4, 0.5) is 16.3 Å². The first-order valence-corrected chi connectivity index (χ1v) is 11.5. The van der Waals surface area contributed by atoms with Gasteiger partial charge in [0.15, 0.2) is 0 Å². The predicted molar refractivity (Wildman–Crippen MR) is 141 cm³/mol. The first kappa shape index (κ1) is 25.2. The van der Waals surface area contributed by atoms with Crippen LogP contribution in [0.3, 0.4) is 0 Å². The van der Waals surface area contributed by atoms with Crippen molar-refractivity contribution in [2.45, 2.75) is 26.2 Å². The summed E-state index contributed by atoms with van der Waals surface area (Å²) in [6, 6.07) is 18.7. The number of amides is 3. The topological polar surface area (TPSA) is 133 Å². The van der Waals surface area contributed by atoms with Crippen LogP contribution in [0.2, 0.25) is 0 Å². The number of carbonyl (C=O) groups excluding carboxylic acids is 2. The van der Waals surface area contributed by atoms with Gasteiger partial charge in [0, 0.05) is 29.4 Å². The first-order chi connectivity index (χ1) is 17.6. The van der Waals surface area contributed by atoms with Gasteiger partial charge in [-0.3, -0.25) is 15.1 Å². The zero-order valence-electron chi connectivity index (χ0n) is 21.0. The van der Waals surface area contributed by atoms with E-state index in [9.17, 15) is 9.59 Å². The number of hydrogen-bond donors (Lipinski definition) is 3. The Kier molecular flexibility index (Phi) is 7.10. The second kappa shape index (κ2) is 10.4. The van der Waals surface area contributed by atoms with E-state index in [2.05, 4.69) is 36.4 Å². The lowest BCUT2D eigenvalue weighted by Crippen LogP contribution is -2.21. The molecule has 2 aromatic carbocycles. The molecule has 0 aliphatic carbocycles. The molecule has 3 amide bonds. The standard InChI is InChI=1S/C27H28N6O4/c1-27(2,3)23-16-24(33(32-23)18-7-11-19(36-4)12-8-18)31-26(35)30-17-5-9-20(10-6-17)37-21-13-14-29-22(15-21)25(28)34/h5-16H,1-4H3,(H2,28,34)(H2,30,31,35). The summed E-state index contributed by atoms with van der Waals surface area (Å²) in [5.41, 5.74) is 7.32. The number of anilines is 2. The number of nitrogens with zero attached hydrogens (tertiary/aromatic N) is 3. The van der Waals surface area contributed by atoms with Crippen molar-refractivity contribution in [3.05, 3.63) is 84.3 Å². The Morgan fingerprint density at radius 1 is 0.892 bits per heavy atom. The highest BCUT2D eigenvalue weighted by molar-refractivity contribution is 5.99. The number of pyridine rings is 1. The number of hydrogen-bond acceptors (Lipinski definition) is 6. The van der Waals surface area contributed by atoms with E-state index in [0.29, 0.717) is 23.0 Å². The van der Waals surface area contributed by atoms with Crippen molar-refractivity contribution in [2.75, 3.05) is 17.7 Å². The van der Waals surface area contributed by atoms with Crippen molar-refractivity contribution in [1.82, 2.24) is 14.8 Å². The van der Waals surface area contributed by atoms with Gasteiger partial charge in [-0.1, -0.05) is 20.8 Å². The molecule has 0 saturated carbocycles. The molecular weight excluding hydrogens is 472 g/mol. The number of urea groups is 1. The summed E-state index contributed by atoms with van der Waals surface area (Å²) in [6.45, 7) is 6.17. The lowest BCUT2D eigenvalue weighted by Gasteiger charge is -2.14. The van der Waals surface area contributed by atoms with E-state index < -0.39 is 11.9 Å². The Morgan fingerprint density at radius 2 is 1.57 bits per heavy atom. The minimum absolute atomic E-state index is 0.107. The molecule has 4 rings (SSSR count). The summed E-state index contributed by atoms with van der Waals surface area (Å²) in [5.74, 6) is 1.54. The second-order valence-electron chi connectivity index (χ2n) is 9.22. The third kappa shape index (κ3) is 6.23. The van der Waals surface area contributed by atoms with Crippen molar-refractivity contribution in [1.29, 1.82) is 0 Å². The number of nitrogens with one attached hydrogen (secondary N) is 2. The number of nitrogens with two attached hydrogens (primary N) is 1. The van der Waals surface area contributed by atoms with Gasteiger partial charge in [0.25, 0.3) is 5.91 Å². The minimum atomic E-state index is -0.640. The molecule has 37 heavy (non-hydrogen) atoms. The van der Waals surface area contributed by atoms with Crippen molar-refractivity contribution >= 4 is 23.4 Å². The number of rotatable bonds is 7. The normalized spacial score (nSPS) is 11.0. The fraction of sp³-hybridized carbons (Fsp3) is 0.185. The fourth-order valence-corrected chi connectivity index (χ4v) is 3.39. The molecule has 0 radical (unpaired) electrons. The molecule has 10 nitrogen and oxygen atoms in total. The lowest BCUT2D eigenvalue weighted by molar-refractivity contribution is 0.0995. The summed E-state index contributed by atoms with van der Waals surface area (Å²) in [6.07, 6.45) is 1.44. The third-order valence-corrected chi connectivity index (χ3v) is 5.37. The van der Waals surface area contributed by atoms with Crippen LogP contribution in [0, 0.1) is 0 Å². The molecule has 0 bridgehead atoms. The van der Waals surface area contributed by atoms with Crippen LogP contribution < -0.4 is 25.8 Å². The van der Waals surface area contributed by atoms with E-state index in [1.54, 1.807) is 42.1 Å². The molecule has 0 unspecified atom stereocenters. The number of primary amides is 1. The fourth-order valence-electron chi connectivity index (χ4n) is 3.39. The number of carbonyl (C=O) groups is 2. The molecule has 4 N–H and O–H groups in total. The van der Waals surface area contributed by atoms with E-state index in [1.807, 2.05) is 30.3 Å². The maximum absolute atomic E-state index is 12.8. The number of methoxy groups -OCH3 is 1. The zero-order chi connectivity index (χ0) is 26.6. The van der Waals surface area contributed by atoms with Gasteiger partial charge in [-0.25, -0.2) is 9.48 Å². The van der Waals surface area contributed by atoms with Gasteiger partial charge < -0.3 is 20.5 Å². The maximum Gasteiger partial charge on any atom is 0.324 e. The summed E-state index contributed by atoms with van der Waals surface area (Å²) in [7, 11) is 1.61.